The topological polar surface area (TPSA) is 46.3 Å². The van der Waals surface area contributed by atoms with Gasteiger partial charge in [0.15, 0.2) is 0 Å². The summed E-state index contributed by atoms with van der Waals surface area (Å²) < 4.78 is 13.6. The number of nitrogens with zero attached hydrogens (tertiary/aromatic N) is 1. The molecule has 2 atom stereocenters. The van der Waals surface area contributed by atoms with Crippen molar-refractivity contribution in [3.05, 3.63) is 35.6 Å². The minimum absolute atomic E-state index is 0.0616. The summed E-state index contributed by atoms with van der Waals surface area (Å²) in [6.07, 6.45) is 1.93. The number of carbonyl (C=O) groups is 1. The fraction of sp³-hybridized carbons (Fsp3) is 0.500. The zero-order valence-corrected chi connectivity index (χ0v) is 10.6. The molecular formula is C14H19FN2O. The van der Waals surface area contributed by atoms with Crippen molar-refractivity contribution in [1.82, 2.24) is 4.90 Å². The number of amides is 1. The Morgan fingerprint density at radius 1 is 1.50 bits per heavy atom. The van der Waals surface area contributed by atoms with E-state index < -0.39 is 6.04 Å². The van der Waals surface area contributed by atoms with Gasteiger partial charge in [0.05, 0.1) is 6.04 Å². The molecule has 1 saturated heterocycles. The standard InChI is InChI=1S/C14H19FN2O/c1-10-5-4-8-17(14(10)18)9-13(16)11-6-2-3-7-12(11)15/h2-3,6-7,10,13H,4-5,8-9,16H2,1H3. The van der Waals surface area contributed by atoms with Crippen molar-refractivity contribution < 1.29 is 9.18 Å². The summed E-state index contributed by atoms with van der Waals surface area (Å²) in [5, 5.41) is 0. The summed E-state index contributed by atoms with van der Waals surface area (Å²) in [7, 11) is 0. The smallest absolute Gasteiger partial charge is 0.225 e. The predicted octanol–water partition coefficient (Wildman–Crippen LogP) is 2.08. The van der Waals surface area contributed by atoms with Gasteiger partial charge < -0.3 is 10.6 Å². The second-order valence-corrected chi connectivity index (χ2v) is 4.96. The lowest BCUT2D eigenvalue weighted by atomic mass is 9.98. The number of piperidine rings is 1. The molecule has 1 amide bonds. The van der Waals surface area contributed by atoms with Gasteiger partial charge in [0, 0.05) is 24.6 Å². The molecule has 2 N–H and O–H groups in total. The molecule has 1 heterocycles. The van der Waals surface area contributed by atoms with Crippen molar-refractivity contribution in [2.24, 2.45) is 11.7 Å². The zero-order valence-electron chi connectivity index (χ0n) is 10.6. The summed E-state index contributed by atoms with van der Waals surface area (Å²) in [5.41, 5.74) is 6.48. The van der Waals surface area contributed by atoms with Gasteiger partial charge in [-0.25, -0.2) is 4.39 Å². The predicted molar refractivity (Wildman–Crippen MR) is 68.3 cm³/mol. The highest BCUT2D eigenvalue weighted by Gasteiger charge is 2.26. The second kappa shape index (κ2) is 5.48. The molecule has 0 aliphatic carbocycles. The first-order valence-corrected chi connectivity index (χ1v) is 6.38. The molecule has 0 spiro atoms. The Morgan fingerprint density at radius 2 is 2.22 bits per heavy atom. The largest absolute Gasteiger partial charge is 0.341 e. The molecule has 2 unspecified atom stereocenters. The first-order chi connectivity index (χ1) is 8.59. The molecule has 3 nitrogen and oxygen atoms in total. The SMILES string of the molecule is CC1CCCN(CC(N)c2ccccc2F)C1=O. The Morgan fingerprint density at radius 3 is 2.94 bits per heavy atom. The van der Waals surface area contributed by atoms with Crippen LogP contribution >= 0.6 is 0 Å². The number of nitrogens with two attached hydrogens (primary N) is 1. The average Bonchev–Trinajstić information content (AvgIpc) is 2.35. The highest BCUT2D eigenvalue weighted by Crippen LogP contribution is 2.21. The van der Waals surface area contributed by atoms with Crippen molar-refractivity contribution in [2.75, 3.05) is 13.1 Å². The third kappa shape index (κ3) is 2.70. The van der Waals surface area contributed by atoms with Gasteiger partial charge in [0.1, 0.15) is 5.82 Å². The van der Waals surface area contributed by atoms with Gasteiger partial charge in [-0.15, -0.1) is 0 Å². The molecule has 18 heavy (non-hydrogen) atoms. The molecule has 1 aliphatic rings. The van der Waals surface area contributed by atoms with E-state index in [4.69, 9.17) is 5.73 Å². The van der Waals surface area contributed by atoms with Gasteiger partial charge in [-0.05, 0) is 18.9 Å². The van der Waals surface area contributed by atoms with E-state index in [1.807, 2.05) is 6.92 Å². The van der Waals surface area contributed by atoms with Crippen molar-refractivity contribution >= 4 is 5.91 Å². The Bertz CT molecular complexity index is 436. The van der Waals surface area contributed by atoms with Crippen LogP contribution in [0.4, 0.5) is 4.39 Å². The van der Waals surface area contributed by atoms with E-state index in [9.17, 15) is 9.18 Å². The Balaban J connectivity index is 2.05. The van der Waals surface area contributed by atoms with Crippen LogP contribution in [0.2, 0.25) is 0 Å². The number of halogens is 1. The first kappa shape index (κ1) is 13.0. The van der Waals surface area contributed by atoms with Gasteiger partial charge in [-0.1, -0.05) is 25.1 Å². The van der Waals surface area contributed by atoms with Gasteiger partial charge in [-0.2, -0.15) is 0 Å². The summed E-state index contributed by atoms with van der Waals surface area (Å²) in [6, 6.07) is 6.02. The van der Waals surface area contributed by atoms with Crippen LogP contribution in [0.1, 0.15) is 31.4 Å². The summed E-state index contributed by atoms with van der Waals surface area (Å²) in [6.45, 7) is 3.05. The maximum absolute atomic E-state index is 13.6. The van der Waals surface area contributed by atoms with Crippen LogP contribution in [0.15, 0.2) is 24.3 Å². The van der Waals surface area contributed by atoms with Crippen LogP contribution in [0.3, 0.4) is 0 Å². The summed E-state index contributed by atoms with van der Waals surface area (Å²) in [4.78, 5) is 13.7. The minimum atomic E-state index is -0.458. The molecule has 2 rings (SSSR count). The highest BCUT2D eigenvalue weighted by molar-refractivity contribution is 5.79. The maximum atomic E-state index is 13.6. The molecule has 98 valence electrons. The molecule has 0 saturated carbocycles. The monoisotopic (exact) mass is 250 g/mol. The molecule has 0 bridgehead atoms. The number of rotatable bonds is 3. The molecule has 1 aromatic carbocycles. The van der Waals surface area contributed by atoms with Gasteiger partial charge in [0.2, 0.25) is 5.91 Å². The van der Waals surface area contributed by atoms with Crippen molar-refractivity contribution in [1.29, 1.82) is 0 Å². The van der Waals surface area contributed by atoms with E-state index in [2.05, 4.69) is 0 Å². The molecule has 0 aromatic heterocycles. The molecule has 1 aliphatic heterocycles. The number of carbonyl (C=O) groups excluding carboxylic acids is 1. The first-order valence-electron chi connectivity index (χ1n) is 6.38. The zero-order chi connectivity index (χ0) is 13.1. The third-order valence-electron chi connectivity index (χ3n) is 3.52. The van der Waals surface area contributed by atoms with Crippen molar-refractivity contribution in [2.45, 2.75) is 25.8 Å². The molecule has 1 aromatic rings. The quantitative estimate of drug-likeness (QED) is 0.892. The summed E-state index contributed by atoms with van der Waals surface area (Å²) in [5.74, 6) is -0.109. The second-order valence-electron chi connectivity index (χ2n) is 4.96. The van der Waals surface area contributed by atoms with E-state index >= 15 is 0 Å². The lowest BCUT2D eigenvalue weighted by Crippen LogP contribution is -2.43. The Kier molecular flexibility index (Phi) is 3.97. The van der Waals surface area contributed by atoms with E-state index in [1.165, 1.54) is 6.07 Å². The third-order valence-corrected chi connectivity index (χ3v) is 3.52. The average molecular weight is 250 g/mol. The highest BCUT2D eigenvalue weighted by atomic mass is 19.1. The van der Waals surface area contributed by atoms with Gasteiger partial charge >= 0.3 is 0 Å². The summed E-state index contributed by atoms with van der Waals surface area (Å²) >= 11 is 0. The Hall–Kier alpha value is -1.42. The normalized spacial score (nSPS) is 22.1. The van der Waals surface area contributed by atoms with Crippen LogP contribution < -0.4 is 5.73 Å². The van der Waals surface area contributed by atoms with Gasteiger partial charge in [0.25, 0.3) is 0 Å². The Labute approximate surface area is 107 Å². The number of hydrogen-bond acceptors (Lipinski definition) is 2. The fourth-order valence-electron chi connectivity index (χ4n) is 2.43. The van der Waals surface area contributed by atoms with E-state index in [0.717, 1.165) is 19.4 Å². The van der Waals surface area contributed by atoms with Crippen molar-refractivity contribution in [3.63, 3.8) is 0 Å². The van der Waals surface area contributed by atoms with Crippen LogP contribution in [0.25, 0.3) is 0 Å². The lowest BCUT2D eigenvalue weighted by Gasteiger charge is -2.32. The number of hydrogen-bond donors (Lipinski definition) is 1. The van der Waals surface area contributed by atoms with E-state index in [-0.39, 0.29) is 17.6 Å². The number of benzene rings is 1. The van der Waals surface area contributed by atoms with Gasteiger partial charge in [-0.3, -0.25) is 4.79 Å². The lowest BCUT2D eigenvalue weighted by molar-refractivity contribution is -0.138. The fourth-order valence-corrected chi connectivity index (χ4v) is 2.43. The minimum Gasteiger partial charge on any atom is -0.341 e. The van der Waals surface area contributed by atoms with E-state index in [1.54, 1.807) is 23.1 Å². The molecule has 0 radical (unpaired) electrons. The molecule has 4 heteroatoms. The number of likely N-dealkylation sites (tertiary alicyclic amines) is 1. The van der Waals surface area contributed by atoms with Crippen LogP contribution in [-0.4, -0.2) is 23.9 Å². The maximum Gasteiger partial charge on any atom is 0.225 e. The van der Waals surface area contributed by atoms with Crippen molar-refractivity contribution in [3.8, 4) is 0 Å². The van der Waals surface area contributed by atoms with Crippen LogP contribution in [0.5, 0.6) is 0 Å². The molecule has 1 fully saturated rings. The van der Waals surface area contributed by atoms with Crippen LogP contribution in [-0.2, 0) is 4.79 Å². The van der Waals surface area contributed by atoms with Crippen LogP contribution in [0, 0.1) is 11.7 Å². The van der Waals surface area contributed by atoms with E-state index in [0.29, 0.717) is 12.1 Å². The molecular weight excluding hydrogens is 231 g/mol.